The lowest BCUT2D eigenvalue weighted by atomic mass is 9.84. The molecule has 4 heteroatoms. The molecule has 19 heavy (non-hydrogen) atoms. The Balaban J connectivity index is 1.89. The lowest BCUT2D eigenvalue weighted by Crippen LogP contribution is -2.57. The quantitative estimate of drug-likeness (QED) is 0.925. The number of nitrogens with zero attached hydrogens (tertiary/aromatic N) is 1. The van der Waals surface area contributed by atoms with Gasteiger partial charge in [-0.2, -0.15) is 0 Å². The van der Waals surface area contributed by atoms with Crippen molar-refractivity contribution >= 4 is 11.3 Å². The number of ether oxygens (including phenoxy) is 1. The van der Waals surface area contributed by atoms with Crippen molar-refractivity contribution in [1.29, 1.82) is 0 Å². The highest BCUT2D eigenvalue weighted by atomic mass is 32.1. The van der Waals surface area contributed by atoms with Crippen LogP contribution in [-0.4, -0.2) is 36.7 Å². The molecule has 106 valence electrons. The molecule has 2 N–H and O–H groups in total. The van der Waals surface area contributed by atoms with Crippen LogP contribution < -0.4 is 5.73 Å². The maximum Gasteiger partial charge on any atom is 0.0594 e. The van der Waals surface area contributed by atoms with E-state index in [2.05, 4.69) is 23.3 Å². The summed E-state index contributed by atoms with van der Waals surface area (Å²) in [6.07, 6.45) is 5.11. The summed E-state index contributed by atoms with van der Waals surface area (Å²) in [4.78, 5) is 4.00. The monoisotopic (exact) mass is 280 g/mol. The molecule has 3 rings (SSSR count). The SMILES string of the molecule is Cc1ccsc1C(N)C1(N2CCOCC2)CCCC1. The van der Waals surface area contributed by atoms with Crippen LogP contribution in [0.5, 0.6) is 0 Å². The number of hydrogen-bond acceptors (Lipinski definition) is 4. The molecular weight excluding hydrogens is 256 g/mol. The number of aryl methyl sites for hydroxylation is 1. The van der Waals surface area contributed by atoms with Crippen molar-refractivity contribution < 1.29 is 4.74 Å². The highest BCUT2D eigenvalue weighted by Crippen LogP contribution is 2.45. The van der Waals surface area contributed by atoms with E-state index in [0.717, 1.165) is 26.3 Å². The van der Waals surface area contributed by atoms with Crippen LogP contribution in [0.1, 0.15) is 42.2 Å². The van der Waals surface area contributed by atoms with Gasteiger partial charge in [0.15, 0.2) is 0 Å². The fourth-order valence-electron chi connectivity index (χ4n) is 3.77. The van der Waals surface area contributed by atoms with Crippen LogP contribution in [-0.2, 0) is 4.74 Å². The molecule has 1 atom stereocenters. The topological polar surface area (TPSA) is 38.5 Å². The van der Waals surface area contributed by atoms with E-state index < -0.39 is 0 Å². The lowest BCUT2D eigenvalue weighted by molar-refractivity contribution is -0.0307. The molecule has 0 amide bonds. The average molecular weight is 280 g/mol. The molecule has 0 aromatic carbocycles. The molecule has 1 aliphatic carbocycles. The van der Waals surface area contributed by atoms with Gasteiger partial charge in [-0.25, -0.2) is 0 Å². The van der Waals surface area contributed by atoms with E-state index in [0.29, 0.717) is 0 Å². The smallest absolute Gasteiger partial charge is 0.0594 e. The van der Waals surface area contributed by atoms with E-state index in [1.54, 1.807) is 0 Å². The fourth-order valence-corrected chi connectivity index (χ4v) is 4.81. The molecule has 1 aliphatic heterocycles. The molecule has 0 bridgehead atoms. The van der Waals surface area contributed by atoms with Crippen LogP contribution in [0.2, 0.25) is 0 Å². The first kappa shape index (κ1) is 13.6. The van der Waals surface area contributed by atoms with Crippen LogP contribution in [0, 0.1) is 6.92 Å². The Kier molecular flexibility index (Phi) is 3.94. The second kappa shape index (κ2) is 5.52. The predicted octanol–water partition coefficient (Wildman–Crippen LogP) is 2.70. The van der Waals surface area contributed by atoms with Crippen molar-refractivity contribution in [2.24, 2.45) is 5.73 Å². The zero-order valence-electron chi connectivity index (χ0n) is 11.7. The molecule has 1 aromatic heterocycles. The van der Waals surface area contributed by atoms with Crippen LogP contribution in [0.3, 0.4) is 0 Å². The first-order valence-corrected chi connectivity index (χ1v) is 8.24. The molecule has 2 aliphatic rings. The minimum Gasteiger partial charge on any atom is -0.379 e. The Hall–Kier alpha value is -0.420. The van der Waals surface area contributed by atoms with Gasteiger partial charge in [0, 0.05) is 23.5 Å². The minimum absolute atomic E-state index is 0.160. The number of hydrogen-bond donors (Lipinski definition) is 1. The van der Waals surface area contributed by atoms with Gasteiger partial charge in [0.25, 0.3) is 0 Å². The first-order chi connectivity index (χ1) is 9.24. The standard InChI is InChI=1S/C15H24N2OS/c1-12-4-11-19-13(12)14(16)15(5-2-3-6-15)17-7-9-18-10-8-17/h4,11,14H,2-3,5-10,16H2,1H3. The lowest BCUT2D eigenvalue weighted by Gasteiger charge is -2.47. The molecule has 1 aromatic rings. The van der Waals surface area contributed by atoms with Crippen molar-refractivity contribution in [2.45, 2.75) is 44.2 Å². The molecule has 0 radical (unpaired) electrons. The van der Waals surface area contributed by atoms with Crippen molar-refractivity contribution in [3.63, 3.8) is 0 Å². The van der Waals surface area contributed by atoms with Crippen molar-refractivity contribution in [3.8, 4) is 0 Å². The fraction of sp³-hybridized carbons (Fsp3) is 0.733. The highest BCUT2D eigenvalue weighted by molar-refractivity contribution is 7.10. The number of morpholine rings is 1. The van der Waals surface area contributed by atoms with Crippen molar-refractivity contribution in [1.82, 2.24) is 4.90 Å². The summed E-state index contributed by atoms with van der Waals surface area (Å²) in [7, 11) is 0. The second-order valence-corrected chi connectivity index (χ2v) is 6.80. The predicted molar refractivity (Wildman–Crippen MR) is 79.6 cm³/mol. The number of thiophene rings is 1. The maximum absolute atomic E-state index is 6.74. The van der Waals surface area contributed by atoms with Crippen molar-refractivity contribution in [3.05, 3.63) is 21.9 Å². The third-order valence-corrected chi connectivity index (χ3v) is 5.98. The molecule has 1 unspecified atom stereocenters. The largest absolute Gasteiger partial charge is 0.379 e. The first-order valence-electron chi connectivity index (χ1n) is 7.36. The van der Waals surface area contributed by atoms with Crippen LogP contribution in [0.4, 0.5) is 0 Å². The Morgan fingerprint density at radius 2 is 2.00 bits per heavy atom. The summed E-state index contributed by atoms with van der Waals surface area (Å²) in [5, 5.41) is 2.17. The zero-order valence-corrected chi connectivity index (χ0v) is 12.5. The van der Waals surface area contributed by atoms with Gasteiger partial charge in [0.1, 0.15) is 0 Å². The van der Waals surface area contributed by atoms with E-state index in [-0.39, 0.29) is 11.6 Å². The third-order valence-electron chi connectivity index (χ3n) is 4.87. The molecule has 0 spiro atoms. The van der Waals surface area contributed by atoms with Crippen LogP contribution in [0.25, 0.3) is 0 Å². The van der Waals surface area contributed by atoms with E-state index in [4.69, 9.17) is 10.5 Å². The molecule has 2 fully saturated rings. The molecule has 3 nitrogen and oxygen atoms in total. The van der Waals surface area contributed by atoms with Gasteiger partial charge >= 0.3 is 0 Å². The third kappa shape index (κ3) is 2.35. The minimum atomic E-state index is 0.160. The molecule has 1 saturated carbocycles. The zero-order chi connectivity index (χ0) is 13.3. The summed E-state index contributed by atoms with van der Waals surface area (Å²) in [6.45, 7) is 5.99. The molecule has 1 saturated heterocycles. The number of rotatable bonds is 3. The van der Waals surface area contributed by atoms with Gasteiger partial charge in [-0.15, -0.1) is 11.3 Å². The summed E-state index contributed by atoms with van der Waals surface area (Å²) >= 11 is 1.82. The van der Waals surface area contributed by atoms with Gasteiger partial charge in [-0.3, -0.25) is 4.90 Å². The van der Waals surface area contributed by atoms with E-state index in [1.165, 1.54) is 36.1 Å². The van der Waals surface area contributed by atoms with Gasteiger partial charge in [-0.1, -0.05) is 12.8 Å². The molecule has 2 heterocycles. The molecular formula is C15H24N2OS. The van der Waals surface area contributed by atoms with E-state index in [9.17, 15) is 0 Å². The Morgan fingerprint density at radius 1 is 1.32 bits per heavy atom. The maximum atomic E-state index is 6.74. The van der Waals surface area contributed by atoms with Gasteiger partial charge in [0.05, 0.1) is 19.3 Å². The van der Waals surface area contributed by atoms with Crippen LogP contribution >= 0.6 is 11.3 Å². The normalized spacial score (nSPS) is 25.6. The number of nitrogens with two attached hydrogens (primary N) is 1. The Morgan fingerprint density at radius 3 is 2.58 bits per heavy atom. The second-order valence-electron chi connectivity index (χ2n) is 5.86. The Bertz CT molecular complexity index is 420. The summed E-state index contributed by atoms with van der Waals surface area (Å²) in [5.41, 5.74) is 8.28. The van der Waals surface area contributed by atoms with E-state index in [1.807, 2.05) is 11.3 Å². The summed E-state index contributed by atoms with van der Waals surface area (Å²) in [6, 6.07) is 2.36. The Labute approximate surface area is 119 Å². The summed E-state index contributed by atoms with van der Waals surface area (Å²) < 4.78 is 5.52. The summed E-state index contributed by atoms with van der Waals surface area (Å²) in [5.74, 6) is 0. The van der Waals surface area contributed by atoms with Gasteiger partial charge in [-0.05, 0) is 36.8 Å². The highest BCUT2D eigenvalue weighted by Gasteiger charge is 2.46. The van der Waals surface area contributed by atoms with Crippen LogP contribution in [0.15, 0.2) is 11.4 Å². The van der Waals surface area contributed by atoms with Crippen molar-refractivity contribution in [2.75, 3.05) is 26.3 Å². The average Bonchev–Trinajstić information content (AvgIpc) is 3.08. The van der Waals surface area contributed by atoms with E-state index >= 15 is 0 Å². The van der Waals surface area contributed by atoms with Gasteiger partial charge in [0.2, 0.25) is 0 Å². The van der Waals surface area contributed by atoms with Gasteiger partial charge < -0.3 is 10.5 Å².